The molecular formula is C18H24Br3N4O2+. The van der Waals surface area contributed by atoms with Gasteiger partial charge in [-0.05, 0) is 56.8 Å². The molecule has 4 fully saturated rings. The maximum Gasteiger partial charge on any atom is 0.217 e. The van der Waals surface area contributed by atoms with E-state index in [0.717, 1.165) is 82.9 Å². The van der Waals surface area contributed by atoms with E-state index >= 15 is 0 Å². The molecule has 0 atom stereocenters. The predicted octanol–water partition coefficient (Wildman–Crippen LogP) is 3.46. The van der Waals surface area contributed by atoms with Gasteiger partial charge >= 0.3 is 0 Å². The standard InChI is InChI=1S/C18H24Br3N4O2/c19-3-1-2-4-27-18-15(20)5-14(6-16(18)21)17(26)7-25-11-22-8-23(12-25)10-24(9-22)13-25/h5-6H,1-4,7-13H2/q+1. The minimum absolute atomic E-state index is 0.188. The molecule has 4 heterocycles. The zero-order chi connectivity index (χ0) is 19.0. The maximum atomic E-state index is 13.1. The highest BCUT2D eigenvalue weighted by Gasteiger charge is 2.49. The molecule has 148 valence electrons. The Hall–Kier alpha value is -0.0300. The number of nitrogens with zero attached hydrogens (tertiary/aromatic N) is 4. The summed E-state index contributed by atoms with van der Waals surface area (Å²) in [5, 5.41) is 0.985. The first kappa shape index (κ1) is 20.3. The van der Waals surface area contributed by atoms with Crippen LogP contribution < -0.4 is 4.74 Å². The fraction of sp³-hybridized carbons (Fsp3) is 0.611. The van der Waals surface area contributed by atoms with Crippen LogP contribution in [-0.2, 0) is 0 Å². The Balaban J connectivity index is 1.45. The van der Waals surface area contributed by atoms with Crippen LogP contribution in [0.5, 0.6) is 5.75 Å². The number of Topliss-reactive ketones (excluding diaryl/α,β-unsaturated/α-hetero) is 1. The van der Waals surface area contributed by atoms with Crippen LogP contribution in [0.4, 0.5) is 0 Å². The molecule has 0 saturated carbocycles. The van der Waals surface area contributed by atoms with E-state index in [1.165, 1.54) is 0 Å². The Kier molecular flexibility index (Phi) is 6.28. The molecule has 0 unspecified atom stereocenters. The smallest absolute Gasteiger partial charge is 0.217 e. The first-order valence-corrected chi connectivity index (χ1v) is 11.9. The van der Waals surface area contributed by atoms with Crippen molar-refractivity contribution in [2.45, 2.75) is 12.8 Å². The highest BCUT2D eigenvalue weighted by atomic mass is 79.9. The van der Waals surface area contributed by atoms with Gasteiger partial charge in [0.05, 0.1) is 35.6 Å². The number of carbonyl (C=O) groups is 1. The molecule has 4 aliphatic heterocycles. The summed E-state index contributed by atoms with van der Waals surface area (Å²) in [7, 11) is 0. The highest BCUT2D eigenvalue weighted by molar-refractivity contribution is 9.11. The van der Waals surface area contributed by atoms with E-state index in [9.17, 15) is 4.79 Å². The van der Waals surface area contributed by atoms with Gasteiger partial charge in [-0.1, -0.05) is 15.9 Å². The largest absolute Gasteiger partial charge is 0.491 e. The van der Waals surface area contributed by atoms with Gasteiger partial charge in [-0.25, -0.2) is 14.7 Å². The molecule has 6 nitrogen and oxygen atoms in total. The average molecular weight is 568 g/mol. The van der Waals surface area contributed by atoms with Crippen molar-refractivity contribution in [3.63, 3.8) is 0 Å². The van der Waals surface area contributed by atoms with Crippen molar-refractivity contribution in [2.24, 2.45) is 0 Å². The van der Waals surface area contributed by atoms with Crippen molar-refractivity contribution >= 4 is 53.6 Å². The van der Waals surface area contributed by atoms with Crippen molar-refractivity contribution in [3.8, 4) is 5.75 Å². The number of alkyl halides is 1. The zero-order valence-corrected chi connectivity index (χ0v) is 19.9. The lowest BCUT2D eigenvalue weighted by Crippen LogP contribution is -2.79. The van der Waals surface area contributed by atoms with Gasteiger partial charge < -0.3 is 4.74 Å². The molecule has 4 bridgehead atoms. The van der Waals surface area contributed by atoms with Crippen LogP contribution in [0.3, 0.4) is 0 Å². The molecule has 0 amide bonds. The van der Waals surface area contributed by atoms with Crippen LogP contribution in [0.2, 0.25) is 0 Å². The Morgan fingerprint density at radius 2 is 1.56 bits per heavy atom. The summed E-state index contributed by atoms with van der Waals surface area (Å²) in [6.45, 7) is 7.20. The molecule has 0 aliphatic carbocycles. The van der Waals surface area contributed by atoms with Gasteiger partial charge in [0.15, 0.2) is 0 Å². The predicted molar refractivity (Wildman–Crippen MR) is 115 cm³/mol. The molecule has 27 heavy (non-hydrogen) atoms. The van der Waals surface area contributed by atoms with E-state index in [4.69, 9.17) is 4.74 Å². The van der Waals surface area contributed by atoms with Gasteiger partial charge in [0.1, 0.15) is 32.3 Å². The van der Waals surface area contributed by atoms with Gasteiger partial charge in [0.25, 0.3) is 0 Å². The second-order valence-electron chi connectivity index (χ2n) is 7.80. The third kappa shape index (κ3) is 4.44. The molecule has 4 saturated heterocycles. The summed E-state index contributed by atoms with van der Waals surface area (Å²) in [6.07, 6.45) is 2.07. The van der Waals surface area contributed by atoms with Gasteiger partial charge in [-0.3, -0.25) is 9.28 Å². The van der Waals surface area contributed by atoms with Gasteiger partial charge in [0.2, 0.25) is 5.78 Å². The molecule has 0 spiro atoms. The summed E-state index contributed by atoms with van der Waals surface area (Å²) in [6, 6.07) is 3.80. The van der Waals surface area contributed by atoms with Crippen LogP contribution in [-0.4, -0.2) is 83.5 Å². The average Bonchev–Trinajstić information content (AvgIpc) is 2.58. The molecule has 9 heteroatoms. The summed E-state index contributed by atoms with van der Waals surface area (Å²) in [4.78, 5) is 20.4. The van der Waals surface area contributed by atoms with Crippen molar-refractivity contribution in [1.29, 1.82) is 0 Å². The summed E-state index contributed by atoms with van der Waals surface area (Å²) >= 11 is 10.6. The van der Waals surface area contributed by atoms with Gasteiger partial charge in [-0.2, -0.15) is 0 Å². The lowest BCUT2D eigenvalue weighted by molar-refractivity contribution is -0.973. The zero-order valence-electron chi connectivity index (χ0n) is 15.2. The van der Waals surface area contributed by atoms with Crippen molar-refractivity contribution in [1.82, 2.24) is 14.7 Å². The normalized spacial score (nSPS) is 31.3. The van der Waals surface area contributed by atoms with Crippen LogP contribution in [0.25, 0.3) is 0 Å². The number of benzene rings is 1. The summed E-state index contributed by atoms with van der Waals surface area (Å²) in [5.74, 6) is 0.960. The number of quaternary nitrogens is 1. The number of hydrogen-bond acceptors (Lipinski definition) is 5. The Morgan fingerprint density at radius 1 is 1.00 bits per heavy atom. The lowest BCUT2D eigenvalue weighted by Gasteiger charge is -2.60. The third-order valence-corrected chi connectivity index (χ3v) is 7.01. The second-order valence-corrected chi connectivity index (χ2v) is 10.3. The lowest BCUT2D eigenvalue weighted by atomic mass is 10.1. The monoisotopic (exact) mass is 565 g/mol. The minimum atomic E-state index is 0.188. The van der Waals surface area contributed by atoms with Crippen LogP contribution in [0.15, 0.2) is 21.1 Å². The quantitative estimate of drug-likeness (QED) is 0.208. The minimum Gasteiger partial charge on any atom is -0.491 e. The SMILES string of the molecule is O=C(C[N+]12CN3CN(CN(C3)C1)C2)c1cc(Br)c(OCCCCBr)c(Br)c1. The summed E-state index contributed by atoms with van der Waals surface area (Å²) in [5.41, 5.74) is 0.732. The van der Waals surface area contributed by atoms with Crippen molar-refractivity contribution in [2.75, 3.05) is 58.5 Å². The number of halogens is 3. The van der Waals surface area contributed by atoms with E-state index in [1.807, 2.05) is 12.1 Å². The topological polar surface area (TPSA) is 36.0 Å². The molecule has 0 aromatic heterocycles. The number of ketones is 1. The highest BCUT2D eigenvalue weighted by Crippen LogP contribution is 2.36. The maximum absolute atomic E-state index is 13.1. The van der Waals surface area contributed by atoms with E-state index in [1.54, 1.807) is 0 Å². The number of unbranched alkanes of at least 4 members (excludes halogenated alkanes) is 1. The fourth-order valence-corrected chi connectivity index (χ4v) is 6.25. The molecule has 1 aromatic rings. The van der Waals surface area contributed by atoms with Gasteiger partial charge in [-0.15, -0.1) is 0 Å². The first-order valence-electron chi connectivity index (χ1n) is 9.21. The molecule has 5 rings (SSSR count). The van der Waals surface area contributed by atoms with Crippen molar-refractivity contribution < 1.29 is 14.0 Å². The van der Waals surface area contributed by atoms with Gasteiger partial charge in [0, 0.05) is 10.9 Å². The first-order chi connectivity index (χ1) is 13.0. The summed E-state index contributed by atoms with van der Waals surface area (Å²) < 4.78 is 8.36. The number of rotatable bonds is 8. The molecule has 1 aromatic carbocycles. The van der Waals surface area contributed by atoms with Crippen LogP contribution in [0.1, 0.15) is 23.2 Å². The molecule has 0 radical (unpaired) electrons. The number of hydrogen-bond donors (Lipinski definition) is 0. The molecule has 4 aliphatic rings. The fourth-order valence-electron chi connectivity index (χ4n) is 4.43. The Bertz CT molecular complexity index is 672. The molecular weight excluding hydrogens is 544 g/mol. The van der Waals surface area contributed by atoms with E-state index in [2.05, 4.69) is 62.5 Å². The molecule has 0 N–H and O–H groups in total. The Labute approximate surface area is 185 Å². The van der Waals surface area contributed by atoms with Crippen molar-refractivity contribution in [3.05, 3.63) is 26.6 Å². The van der Waals surface area contributed by atoms with E-state index < -0.39 is 0 Å². The number of carbonyl (C=O) groups excluding carboxylic acids is 1. The third-order valence-electron chi connectivity index (χ3n) is 5.27. The van der Waals surface area contributed by atoms with E-state index in [0.29, 0.717) is 13.2 Å². The van der Waals surface area contributed by atoms with Crippen LogP contribution >= 0.6 is 47.8 Å². The second kappa shape index (κ2) is 8.38. The van der Waals surface area contributed by atoms with Crippen LogP contribution in [0, 0.1) is 0 Å². The number of ether oxygens (including phenoxy) is 1. The Morgan fingerprint density at radius 3 is 2.07 bits per heavy atom. The van der Waals surface area contributed by atoms with E-state index in [-0.39, 0.29) is 5.78 Å².